The highest BCUT2D eigenvalue weighted by atomic mass is 16.5. The third-order valence-corrected chi connectivity index (χ3v) is 3.17. The van der Waals surface area contributed by atoms with Gasteiger partial charge in [-0.05, 0) is 6.92 Å². The minimum Gasteiger partial charge on any atom is -0.465 e. The first-order chi connectivity index (χ1) is 11.1. The van der Waals surface area contributed by atoms with Crippen LogP contribution in [0.5, 0.6) is 0 Å². The molecular formula is C16H17N3O4. The van der Waals surface area contributed by atoms with Crippen molar-refractivity contribution in [1.29, 1.82) is 0 Å². The summed E-state index contributed by atoms with van der Waals surface area (Å²) in [5.74, 6) is -1.60. The van der Waals surface area contributed by atoms with Crippen LogP contribution in [0.15, 0.2) is 51.7 Å². The first-order valence-electron chi connectivity index (χ1n) is 6.99. The number of nitrogens with zero attached hydrogens (tertiary/aromatic N) is 3. The first-order valence-corrected chi connectivity index (χ1v) is 6.99. The third-order valence-electron chi connectivity index (χ3n) is 3.17. The van der Waals surface area contributed by atoms with Gasteiger partial charge in [0.25, 0.3) is 0 Å². The molecule has 1 heterocycles. The molecule has 0 unspecified atom stereocenters. The summed E-state index contributed by atoms with van der Waals surface area (Å²) in [5, 5.41) is 9.96. The van der Waals surface area contributed by atoms with Gasteiger partial charge < -0.3 is 9.47 Å². The number of carbonyl (C=O) groups excluding carboxylic acids is 2. The van der Waals surface area contributed by atoms with E-state index in [1.807, 2.05) is 37.3 Å². The number of methoxy groups -OCH3 is 2. The SMILES string of the molecule is CCN1N=CC(=C(C(=O)OC)C(=O)OC)C(c2ccccc2)=N1. The number of allylic oxidation sites excluding steroid dienone is 1. The Morgan fingerprint density at radius 3 is 2.22 bits per heavy atom. The Hall–Kier alpha value is -2.96. The van der Waals surface area contributed by atoms with Gasteiger partial charge in [-0.25, -0.2) is 9.59 Å². The van der Waals surface area contributed by atoms with Gasteiger partial charge in [-0.3, -0.25) is 0 Å². The van der Waals surface area contributed by atoms with Gasteiger partial charge >= 0.3 is 11.9 Å². The summed E-state index contributed by atoms with van der Waals surface area (Å²) >= 11 is 0. The van der Waals surface area contributed by atoms with Crippen LogP contribution in [0, 0.1) is 0 Å². The number of hydrazone groups is 2. The van der Waals surface area contributed by atoms with Crippen LogP contribution in [-0.2, 0) is 19.1 Å². The van der Waals surface area contributed by atoms with E-state index >= 15 is 0 Å². The maximum atomic E-state index is 12.0. The maximum absolute atomic E-state index is 12.0. The van der Waals surface area contributed by atoms with Gasteiger partial charge in [0.1, 0.15) is 5.71 Å². The van der Waals surface area contributed by atoms with E-state index in [0.29, 0.717) is 12.3 Å². The Balaban J connectivity index is 2.65. The van der Waals surface area contributed by atoms with Crippen LogP contribution in [0.25, 0.3) is 0 Å². The van der Waals surface area contributed by atoms with E-state index in [1.165, 1.54) is 25.6 Å². The fourth-order valence-electron chi connectivity index (χ4n) is 2.03. The monoisotopic (exact) mass is 315 g/mol. The number of hydrogen-bond acceptors (Lipinski definition) is 7. The Morgan fingerprint density at radius 2 is 1.70 bits per heavy atom. The molecule has 0 aliphatic carbocycles. The van der Waals surface area contributed by atoms with Gasteiger partial charge in [0.2, 0.25) is 0 Å². The lowest BCUT2D eigenvalue weighted by Gasteiger charge is -2.20. The average Bonchev–Trinajstić information content (AvgIpc) is 2.62. The normalized spacial score (nSPS) is 13.4. The number of benzene rings is 1. The second-order valence-corrected chi connectivity index (χ2v) is 4.52. The van der Waals surface area contributed by atoms with Crippen molar-refractivity contribution in [2.45, 2.75) is 6.92 Å². The van der Waals surface area contributed by atoms with Gasteiger partial charge in [0.05, 0.1) is 27.0 Å². The summed E-state index contributed by atoms with van der Waals surface area (Å²) in [4.78, 5) is 24.1. The molecule has 0 spiro atoms. The minimum atomic E-state index is -0.799. The van der Waals surface area contributed by atoms with E-state index in [0.717, 1.165) is 5.56 Å². The van der Waals surface area contributed by atoms with E-state index in [2.05, 4.69) is 10.2 Å². The first kappa shape index (κ1) is 16.4. The van der Waals surface area contributed by atoms with Crippen molar-refractivity contribution >= 4 is 23.9 Å². The smallest absolute Gasteiger partial charge is 0.346 e. The van der Waals surface area contributed by atoms with Crippen molar-refractivity contribution in [3.8, 4) is 0 Å². The van der Waals surface area contributed by atoms with Crippen molar-refractivity contribution in [2.24, 2.45) is 10.2 Å². The molecule has 0 atom stereocenters. The van der Waals surface area contributed by atoms with Crippen molar-refractivity contribution < 1.29 is 19.1 Å². The fraction of sp³-hybridized carbons (Fsp3) is 0.250. The zero-order valence-electron chi connectivity index (χ0n) is 13.1. The van der Waals surface area contributed by atoms with E-state index < -0.39 is 11.9 Å². The number of esters is 2. The Bertz CT molecular complexity index is 675. The molecule has 1 aromatic carbocycles. The summed E-state index contributed by atoms with van der Waals surface area (Å²) in [6.07, 6.45) is 1.42. The lowest BCUT2D eigenvalue weighted by molar-refractivity contribution is -0.144. The molecule has 23 heavy (non-hydrogen) atoms. The second kappa shape index (κ2) is 7.35. The molecule has 0 bridgehead atoms. The predicted octanol–water partition coefficient (Wildman–Crippen LogP) is 1.35. The zero-order chi connectivity index (χ0) is 16.8. The highest BCUT2D eigenvalue weighted by Crippen LogP contribution is 2.19. The third kappa shape index (κ3) is 3.45. The van der Waals surface area contributed by atoms with E-state index in [1.54, 1.807) is 0 Å². The molecule has 0 amide bonds. The lowest BCUT2D eigenvalue weighted by atomic mass is 9.98. The van der Waals surface area contributed by atoms with Crippen LogP contribution in [0.4, 0.5) is 0 Å². The van der Waals surface area contributed by atoms with Crippen LogP contribution in [0.3, 0.4) is 0 Å². The summed E-state index contributed by atoms with van der Waals surface area (Å²) in [6, 6.07) is 9.21. The molecule has 0 aromatic heterocycles. The van der Waals surface area contributed by atoms with Gasteiger partial charge in [0, 0.05) is 11.1 Å². The van der Waals surface area contributed by atoms with Gasteiger partial charge in [-0.2, -0.15) is 15.3 Å². The number of carbonyl (C=O) groups is 2. The summed E-state index contributed by atoms with van der Waals surface area (Å²) in [7, 11) is 2.40. The van der Waals surface area contributed by atoms with E-state index in [-0.39, 0.29) is 11.1 Å². The number of rotatable bonds is 4. The van der Waals surface area contributed by atoms with Crippen LogP contribution in [-0.4, -0.2) is 49.7 Å². The molecular weight excluding hydrogens is 298 g/mol. The van der Waals surface area contributed by atoms with Crippen molar-refractivity contribution in [3.05, 3.63) is 47.0 Å². The molecule has 1 aliphatic rings. The molecule has 0 N–H and O–H groups in total. The lowest BCUT2D eigenvalue weighted by Crippen LogP contribution is -2.27. The maximum Gasteiger partial charge on any atom is 0.346 e. The molecule has 2 rings (SSSR count). The molecule has 7 heteroatoms. The average molecular weight is 315 g/mol. The zero-order valence-corrected chi connectivity index (χ0v) is 13.1. The summed E-state index contributed by atoms with van der Waals surface area (Å²) in [6.45, 7) is 2.44. The molecule has 1 aliphatic heterocycles. The quantitative estimate of drug-likeness (QED) is 0.363. The van der Waals surface area contributed by atoms with Crippen molar-refractivity contribution in [1.82, 2.24) is 5.12 Å². The summed E-state index contributed by atoms with van der Waals surface area (Å²) in [5.41, 5.74) is 1.22. The van der Waals surface area contributed by atoms with Crippen LogP contribution >= 0.6 is 0 Å². The fourth-order valence-corrected chi connectivity index (χ4v) is 2.03. The van der Waals surface area contributed by atoms with Crippen LogP contribution in [0.2, 0.25) is 0 Å². The second-order valence-electron chi connectivity index (χ2n) is 4.52. The molecule has 120 valence electrons. The van der Waals surface area contributed by atoms with Crippen LogP contribution < -0.4 is 0 Å². The standard InChI is InChI=1S/C16H17N3O4/c1-4-19-17-10-12(13(15(20)22-2)16(21)23-3)14(18-19)11-8-6-5-7-9-11/h5-10H,4H2,1-3H3. The van der Waals surface area contributed by atoms with E-state index in [9.17, 15) is 9.59 Å². The molecule has 0 saturated carbocycles. The minimum absolute atomic E-state index is 0.239. The van der Waals surface area contributed by atoms with Crippen LogP contribution in [0.1, 0.15) is 12.5 Å². The topological polar surface area (TPSA) is 80.6 Å². The Kier molecular flexibility index (Phi) is 5.24. The largest absolute Gasteiger partial charge is 0.465 e. The van der Waals surface area contributed by atoms with Gasteiger partial charge in [-0.15, -0.1) is 0 Å². The summed E-state index contributed by atoms with van der Waals surface area (Å²) < 4.78 is 9.40. The molecule has 0 saturated heterocycles. The predicted molar refractivity (Wildman–Crippen MR) is 84.9 cm³/mol. The molecule has 7 nitrogen and oxygen atoms in total. The highest BCUT2D eigenvalue weighted by Gasteiger charge is 2.29. The van der Waals surface area contributed by atoms with Crippen molar-refractivity contribution in [2.75, 3.05) is 20.8 Å². The highest BCUT2D eigenvalue weighted by molar-refractivity contribution is 6.32. The van der Waals surface area contributed by atoms with E-state index in [4.69, 9.17) is 9.47 Å². The molecule has 0 fully saturated rings. The van der Waals surface area contributed by atoms with Gasteiger partial charge in [-0.1, -0.05) is 30.3 Å². The number of ether oxygens (including phenoxy) is 2. The number of hydrogen-bond donors (Lipinski definition) is 0. The van der Waals surface area contributed by atoms with Crippen molar-refractivity contribution in [3.63, 3.8) is 0 Å². The molecule has 0 radical (unpaired) electrons. The molecule has 1 aromatic rings. The van der Waals surface area contributed by atoms with Gasteiger partial charge in [0.15, 0.2) is 5.57 Å². The Labute approximate surface area is 133 Å². The Morgan fingerprint density at radius 1 is 1.09 bits per heavy atom.